The van der Waals surface area contributed by atoms with E-state index >= 15 is 0 Å². The van der Waals surface area contributed by atoms with E-state index in [0.29, 0.717) is 4.57 Å². The van der Waals surface area contributed by atoms with Gasteiger partial charge in [-0.2, -0.15) is 0 Å². The van der Waals surface area contributed by atoms with Crippen molar-refractivity contribution in [2.45, 2.75) is 13.3 Å². The Bertz CT molecular complexity index is 729. The van der Waals surface area contributed by atoms with E-state index < -0.39 is 34.5 Å². The largest absolute Gasteiger partial charge is 0.494 e. The van der Waals surface area contributed by atoms with Gasteiger partial charge in [-0.05, 0) is 18.6 Å². The maximum Gasteiger partial charge on any atom is 0.335 e. The molecule has 0 aliphatic carbocycles. The highest BCUT2D eigenvalue weighted by Crippen LogP contribution is 2.21. The molecule has 100 valence electrons. The van der Waals surface area contributed by atoms with Crippen molar-refractivity contribution in [2.24, 2.45) is 0 Å². The van der Waals surface area contributed by atoms with Crippen molar-refractivity contribution >= 4 is 0 Å². The number of nitrogens with zero attached hydrogens (tertiary/aromatic N) is 1. The third kappa shape index (κ3) is 2.03. The predicted octanol–water partition coefficient (Wildman–Crippen LogP) is 1.07. The number of aromatic hydroxyl groups is 1. The Kier molecular flexibility index (Phi) is 3.20. The first-order valence-electron chi connectivity index (χ1n) is 5.49. The summed E-state index contributed by atoms with van der Waals surface area (Å²) in [5.41, 5.74) is -2.74. The van der Waals surface area contributed by atoms with Crippen LogP contribution < -0.4 is 11.2 Å². The minimum Gasteiger partial charge on any atom is -0.494 e. The van der Waals surface area contributed by atoms with Gasteiger partial charge >= 0.3 is 5.69 Å². The second-order valence-corrected chi connectivity index (χ2v) is 3.82. The van der Waals surface area contributed by atoms with Gasteiger partial charge in [0.2, 0.25) is 5.88 Å². The van der Waals surface area contributed by atoms with Gasteiger partial charge < -0.3 is 5.11 Å². The highest BCUT2D eigenvalue weighted by atomic mass is 19.1. The lowest BCUT2D eigenvalue weighted by molar-refractivity contribution is 0.416. The van der Waals surface area contributed by atoms with Crippen molar-refractivity contribution in [3.63, 3.8) is 0 Å². The fourth-order valence-electron chi connectivity index (χ4n) is 1.79. The minimum absolute atomic E-state index is 0.109. The summed E-state index contributed by atoms with van der Waals surface area (Å²) in [7, 11) is 0. The molecule has 0 aliphatic rings. The number of aromatic nitrogens is 2. The molecule has 0 unspecified atom stereocenters. The number of nitrogens with one attached hydrogen (secondary N) is 1. The van der Waals surface area contributed by atoms with Crippen LogP contribution in [0.1, 0.15) is 12.5 Å². The number of aromatic amines is 1. The van der Waals surface area contributed by atoms with Crippen molar-refractivity contribution in [3.8, 4) is 11.6 Å². The Morgan fingerprint density at radius 1 is 1.26 bits per heavy atom. The maximum absolute atomic E-state index is 13.6. The van der Waals surface area contributed by atoms with Gasteiger partial charge in [-0.15, -0.1) is 0 Å². The van der Waals surface area contributed by atoms with Crippen molar-refractivity contribution in [3.05, 3.63) is 56.2 Å². The van der Waals surface area contributed by atoms with Crippen LogP contribution in [0.15, 0.2) is 27.8 Å². The molecule has 0 amide bonds. The molecule has 0 atom stereocenters. The number of benzene rings is 1. The summed E-state index contributed by atoms with van der Waals surface area (Å²) in [4.78, 5) is 25.0. The van der Waals surface area contributed by atoms with E-state index in [1.807, 2.05) is 4.98 Å². The Morgan fingerprint density at radius 3 is 2.37 bits per heavy atom. The van der Waals surface area contributed by atoms with Crippen LogP contribution in [-0.4, -0.2) is 14.7 Å². The second kappa shape index (κ2) is 4.68. The Labute approximate surface area is 105 Å². The standard InChI is InChI=1S/C12H10F2N2O3/c1-2-6-10(17)15-12(19)16(11(6)18)9-7(13)4-3-5-8(9)14/h3-5,18H,2H2,1H3,(H,15,17,19). The molecule has 0 aliphatic heterocycles. The van der Waals surface area contributed by atoms with Crippen molar-refractivity contribution < 1.29 is 13.9 Å². The van der Waals surface area contributed by atoms with Crippen LogP contribution in [0.2, 0.25) is 0 Å². The second-order valence-electron chi connectivity index (χ2n) is 3.82. The zero-order chi connectivity index (χ0) is 14.2. The van der Waals surface area contributed by atoms with E-state index in [0.717, 1.165) is 18.2 Å². The summed E-state index contributed by atoms with van der Waals surface area (Å²) < 4.78 is 27.7. The zero-order valence-electron chi connectivity index (χ0n) is 9.91. The van der Waals surface area contributed by atoms with Gasteiger partial charge in [-0.1, -0.05) is 13.0 Å². The Hall–Kier alpha value is -2.44. The SMILES string of the molecule is CCc1c(O)n(-c2c(F)cccc2F)c(=O)[nH]c1=O. The van der Waals surface area contributed by atoms with Crippen molar-refractivity contribution in [2.75, 3.05) is 0 Å². The number of para-hydroxylation sites is 1. The van der Waals surface area contributed by atoms with E-state index in [1.54, 1.807) is 6.92 Å². The average molecular weight is 268 g/mol. The molecule has 0 fully saturated rings. The van der Waals surface area contributed by atoms with Crippen molar-refractivity contribution in [1.82, 2.24) is 9.55 Å². The van der Waals surface area contributed by atoms with Crippen LogP contribution in [-0.2, 0) is 6.42 Å². The smallest absolute Gasteiger partial charge is 0.335 e. The quantitative estimate of drug-likeness (QED) is 0.855. The van der Waals surface area contributed by atoms with Gasteiger partial charge in [0, 0.05) is 0 Å². The molecule has 0 saturated heterocycles. The molecule has 2 N–H and O–H groups in total. The van der Waals surface area contributed by atoms with Gasteiger partial charge in [0.15, 0.2) is 0 Å². The number of hydrogen-bond donors (Lipinski definition) is 2. The first-order chi connectivity index (χ1) is 8.97. The first kappa shape index (κ1) is 13.0. The van der Waals surface area contributed by atoms with Gasteiger partial charge in [0.1, 0.15) is 17.3 Å². The van der Waals surface area contributed by atoms with Gasteiger partial charge in [0.05, 0.1) is 5.56 Å². The van der Waals surface area contributed by atoms with Crippen LogP contribution in [0.5, 0.6) is 5.88 Å². The number of rotatable bonds is 2. The van der Waals surface area contributed by atoms with E-state index in [2.05, 4.69) is 0 Å². The third-order valence-electron chi connectivity index (χ3n) is 2.69. The monoisotopic (exact) mass is 268 g/mol. The van der Waals surface area contributed by atoms with Crippen molar-refractivity contribution in [1.29, 1.82) is 0 Å². The molecular weight excluding hydrogens is 258 g/mol. The maximum atomic E-state index is 13.6. The summed E-state index contributed by atoms with van der Waals surface area (Å²) in [6.45, 7) is 1.57. The van der Waals surface area contributed by atoms with E-state index in [-0.39, 0.29) is 12.0 Å². The molecule has 0 radical (unpaired) electrons. The average Bonchev–Trinajstić information content (AvgIpc) is 2.33. The first-order valence-corrected chi connectivity index (χ1v) is 5.49. The zero-order valence-corrected chi connectivity index (χ0v) is 9.91. The van der Waals surface area contributed by atoms with Crippen LogP contribution in [0.3, 0.4) is 0 Å². The topological polar surface area (TPSA) is 75.1 Å². The van der Waals surface area contributed by atoms with Crippen LogP contribution in [0.4, 0.5) is 8.78 Å². The molecule has 0 saturated carbocycles. The molecular formula is C12H10F2N2O3. The van der Waals surface area contributed by atoms with E-state index in [4.69, 9.17) is 0 Å². The summed E-state index contributed by atoms with van der Waals surface area (Å²) in [6, 6.07) is 3.02. The van der Waals surface area contributed by atoms with Crippen LogP contribution >= 0.6 is 0 Å². The number of halogens is 2. The predicted molar refractivity (Wildman–Crippen MR) is 63.6 cm³/mol. The molecule has 7 heteroatoms. The summed E-state index contributed by atoms with van der Waals surface area (Å²) in [5.74, 6) is -2.81. The molecule has 1 heterocycles. The fraction of sp³-hybridized carbons (Fsp3) is 0.167. The lowest BCUT2D eigenvalue weighted by atomic mass is 10.2. The van der Waals surface area contributed by atoms with E-state index in [9.17, 15) is 23.5 Å². The molecule has 2 rings (SSSR count). The van der Waals surface area contributed by atoms with Gasteiger partial charge in [-0.3, -0.25) is 9.78 Å². The summed E-state index contributed by atoms with van der Waals surface area (Å²) in [6.07, 6.45) is 0.109. The van der Waals surface area contributed by atoms with Crippen LogP contribution in [0.25, 0.3) is 5.69 Å². The Morgan fingerprint density at radius 2 is 1.84 bits per heavy atom. The van der Waals surface area contributed by atoms with Gasteiger partial charge in [-0.25, -0.2) is 18.1 Å². The lowest BCUT2D eigenvalue weighted by Gasteiger charge is -2.11. The van der Waals surface area contributed by atoms with Crippen LogP contribution in [0, 0.1) is 11.6 Å². The summed E-state index contributed by atoms with van der Waals surface area (Å²) in [5, 5.41) is 9.86. The van der Waals surface area contributed by atoms with Gasteiger partial charge in [0.25, 0.3) is 5.56 Å². The molecule has 0 spiro atoms. The Balaban J connectivity index is 2.91. The molecule has 0 bridgehead atoms. The normalized spacial score (nSPS) is 10.7. The molecule has 1 aromatic heterocycles. The number of H-pyrrole nitrogens is 1. The highest BCUT2D eigenvalue weighted by Gasteiger charge is 2.19. The lowest BCUT2D eigenvalue weighted by Crippen LogP contribution is -2.32. The van der Waals surface area contributed by atoms with E-state index in [1.165, 1.54) is 0 Å². The molecule has 5 nitrogen and oxygen atoms in total. The highest BCUT2D eigenvalue weighted by molar-refractivity contribution is 5.40. The third-order valence-corrected chi connectivity index (χ3v) is 2.69. The summed E-state index contributed by atoms with van der Waals surface area (Å²) >= 11 is 0. The number of hydrogen-bond acceptors (Lipinski definition) is 3. The minimum atomic E-state index is -1.11. The molecule has 1 aromatic carbocycles. The molecule has 19 heavy (non-hydrogen) atoms. The fourth-order valence-corrected chi connectivity index (χ4v) is 1.79. The molecule has 2 aromatic rings.